The third-order valence-corrected chi connectivity index (χ3v) is 5.33. The second kappa shape index (κ2) is 6.31. The molecule has 1 aromatic heterocycles. The summed E-state index contributed by atoms with van der Waals surface area (Å²) in [5, 5.41) is 9.29. The summed E-state index contributed by atoms with van der Waals surface area (Å²) in [5.41, 5.74) is 1.22. The van der Waals surface area contributed by atoms with Crippen molar-refractivity contribution in [2.75, 3.05) is 0 Å². The van der Waals surface area contributed by atoms with Crippen molar-refractivity contribution < 1.29 is 4.79 Å². The number of Topliss-reactive ketones (excluding diaryl/α,β-unsaturated/α-hetero) is 1. The van der Waals surface area contributed by atoms with E-state index in [4.69, 9.17) is 0 Å². The van der Waals surface area contributed by atoms with E-state index >= 15 is 0 Å². The molecule has 19 heavy (non-hydrogen) atoms. The summed E-state index contributed by atoms with van der Waals surface area (Å²) in [4.78, 5) is 12.4. The first-order valence-corrected chi connectivity index (χ1v) is 8.36. The number of hydrogen-bond acceptors (Lipinski definition) is 3. The fourth-order valence-corrected chi connectivity index (χ4v) is 4.87. The number of ketones is 1. The van der Waals surface area contributed by atoms with Gasteiger partial charge in [-0.05, 0) is 55.6 Å². The quantitative estimate of drug-likeness (QED) is 0.562. The number of thiophene rings is 1. The zero-order chi connectivity index (χ0) is 14.0. The highest BCUT2D eigenvalue weighted by Crippen LogP contribution is 2.35. The minimum atomic E-state index is -0.796. The number of rotatable bonds is 3. The molecule has 1 atom stereocenters. The van der Waals surface area contributed by atoms with E-state index in [9.17, 15) is 10.1 Å². The number of carbonyl (C=O) groups excluding carboxylic acids is 1. The van der Waals surface area contributed by atoms with Gasteiger partial charge in [-0.25, -0.2) is 0 Å². The summed E-state index contributed by atoms with van der Waals surface area (Å²) in [6.07, 6.45) is 0. The molecule has 1 unspecified atom stereocenters. The maximum Gasteiger partial charge on any atom is 0.186 e. The van der Waals surface area contributed by atoms with Crippen LogP contribution in [0.3, 0.4) is 0 Å². The highest BCUT2D eigenvalue weighted by molar-refractivity contribution is 9.12. The van der Waals surface area contributed by atoms with Gasteiger partial charge in [0.25, 0.3) is 0 Å². The summed E-state index contributed by atoms with van der Waals surface area (Å²) >= 11 is 11.5. The van der Waals surface area contributed by atoms with Crippen molar-refractivity contribution in [3.63, 3.8) is 0 Å². The van der Waals surface area contributed by atoms with Crippen LogP contribution in [0, 0.1) is 11.3 Å². The lowest BCUT2D eigenvalue weighted by atomic mass is 9.93. The van der Waals surface area contributed by atoms with E-state index in [0.717, 1.165) is 12.0 Å². The Morgan fingerprint density at radius 3 is 2.53 bits per heavy atom. The molecule has 0 saturated carbocycles. The topological polar surface area (TPSA) is 40.9 Å². The van der Waals surface area contributed by atoms with Crippen molar-refractivity contribution in [3.8, 4) is 6.07 Å². The van der Waals surface area contributed by atoms with E-state index < -0.39 is 5.92 Å². The van der Waals surface area contributed by atoms with E-state index in [1.165, 1.54) is 11.3 Å². The van der Waals surface area contributed by atoms with Crippen molar-refractivity contribution in [1.82, 2.24) is 0 Å². The molecule has 6 heteroatoms. The zero-order valence-electron chi connectivity index (χ0n) is 9.36. The van der Waals surface area contributed by atoms with E-state index in [1.807, 2.05) is 12.1 Å². The average molecular weight is 464 g/mol. The van der Waals surface area contributed by atoms with Gasteiger partial charge < -0.3 is 0 Å². The number of benzene rings is 1. The van der Waals surface area contributed by atoms with Crippen LogP contribution < -0.4 is 0 Å². The van der Waals surface area contributed by atoms with Gasteiger partial charge in [0, 0.05) is 10.0 Å². The molecule has 2 nitrogen and oxygen atoms in total. The first kappa shape index (κ1) is 14.9. The van der Waals surface area contributed by atoms with Crippen LogP contribution in [0.4, 0.5) is 0 Å². The first-order valence-electron chi connectivity index (χ1n) is 5.17. The molecule has 1 heterocycles. The van der Waals surface area contributed by atoms with Gasteiger partial charge in [-0.2, -0.15) is 5.26 Å². The SMILES string of the molecule is N#CC(C(=O)c1cc(Br)sc1Br)c1cccc(Br)c1. The fourth-order valence-electron chi connectivity index (χ4n) is 1.63. The van der Waals surface area contributed by atoms with Crippen LogP contribution in [0.25, 0.3) is 0 Å². The van der Waals surface area contributed by atoms with Gasteiger partial charge in [0.2, 0.25) is 0 Å². The Morgan fingerprint density at radius 1 is 1.26 bits per heavy atom. The molecule has 0 aliphatic carbocycles. The van der Waals surface area contributed by atoms with Gasteiger partial charge in [0.05, 0.1) is 13.6 Å². The Kier molecular flexibility index (Phi) is 4.96. The normalized spacial score (nSPS) is 11.9. The largest absolute Gasteiger partial charge is 0.292 e. The minimum Gasteiger partial charge on any atom is -0.292 e. The van der Waals surface area contributed by atoms with Gasteiger partial charge in [0.15, 0.2) is 5.78 Å². The van der Waals surface area contributed by atoms with E-state index in [0.29, 0.717) is 11.1 Å². The fraction of sp³-hybridized carbons (Fsp3) is 0.0769. The van der Waals surface area contributed by atoms with Crippen LogP contribution in [-0.4, -0.2) is 5.78 Å². The van der Waals surface area contributed by atoms with Gasteiger partial charge in [-0.3, -0.25) is 4.79 Å². The van der Waals surface area contributed by atoms with E-state index in [1.54, 1.807) is 18.2 Å². The second-order valence-electron chi connectivity index (χ2n) is 3.72. The molecular formula is C13H6Br3NOS. The molecule has 1 aromatic carbocycles. The minimum absolute atomic E-state index is 0.200. The first-order chi connectivity index (χ1) is 9.02. The van der Waals surface area contributed by atoms with E-state index in [2.05, 4.69) is 53.9 Å². The third-order valence-electron chi connectivity index (χ3n) is 2.50. The van der Waals surface area contributed by atoms with Crippen molar-refractivity contribution in [2.45, 2.75) is 5.92 Å². The lowest BCUT2D eigenvalue weighted by molar-refractivity contribution is 0.0978. The molecule has 0 spiro atoms. The number of halogens is 3. The Bertz CT molecular complexity index is 675. The molecule has 0 N–H and O–H groups in total. The van der Waals surface area contributed by atoms with Crippen molar-refractivity contribution in [2.24, 2.45) is 0 Å². The van der Waals surface area contributed by atoms with Crippen LogP contribution in [0.1, 0.15) is 21.8 Å². The lowest BCUT2D eigenvalue weighted by Gasteiger charge is -2.08. The molecule has 0 bridgehead atoms. The summed E-state index contributed by atoms with van der Waals surface area (Å²) in [5.74, 6) is -0.996. The smallest absolute Gasteiger partial charge is 0.186 e. The van der Waals surface area contributed by atoms with Crippen LogP contribution in [0.15, 0.2) is 42.4 Å². The molecule has 2 aromatic rings. The summed E-state index contributed by atoms with van der Waals surface area (Å²) in [7, 11) is 0. The molecule has 2 rings (SSSR count). The number of nitriles is 1. The highest BCUT2D eigenvalue weighted by Gasteiger charge is 2.25. The molecule has 0 radical (unpaired) electrons. The number of nitrogens with zero attached hydrogens (tertiary/aromatic N) is 1. The highest BCUT2D eigenvalue weighted by atomic mass is 79.9. The lowest BCUT2D eigenvalue weighted by Crippen LogP contribution is -2.10. The molecule has 0 aliphatic rings. The maximum atomic E-state index is 12.4. The average Bonchev–Trinajstić information content (AvgIpc) is 2.69. The Hall–Kier alpha value is -0.480. The molecule has 0 saturated heterocycles. The van der Waals surface area contributed by atoms with Crippen LogP contribution >= 0.6 is 59.1 Å². The van der Waals surface area contributed by atoms with Gasteiger partial charge in [-0.1, -0.05) is 28.1 Å². The monoisotopic (exact) mass is 461 g/mol. The van der Waals surface area contributed by atoms with Crippen LogP contribution in [0.5, 0.6) is 0 Å². The summed E-state index contributed by atoms with van der Waals surface area (Å²) < 4.78 is 2.44. The van der Waals surface area contributed by atoms with Crippen LogP contribution in [0.2, 0.25) is 0 Å². The van der Waals surface area contributed by atoms with Crippen LogP contribution in [-0.2, 0) is 0 Å². The van der Waals surface area contributed by atoms with Crippen molar-refractivity contribution >= 4 is 64.9 Å². The van der Waals surface area contributed by atoms with E-state index in [-0.39, 0.29) is 5.78 Å². The summed E-state index contributed by atoms with van der Waals surface area (Å²) in [6.45, 7) is 0. The van der Waals surface area contributed by atoms with Gasteiger partial charge in [0.1, 0.15) is 5.92 Å². The molecular weight excluding hydrogens is 458 g/mol. The number of hydrogen-bond donors (Lipinski definition) is 0. The maximum absolute atomic E-state index is 12.4. The Labute approximate surface area is 139 Å². The predicted octanol–water partition coefficient (Wildman–Crippen LogP) is 5.53. The molecule has 0 amide bonds. The third kappa shape index (κ3) is 3.34. The second-order valence-corrected chi connectivity index (χ2v) is 8.38. The van der Waals surface area contributed by atoms with Gasteiger partial charge >= 0.3 is 0 Å². The molecule has 96 valence electrons. The van der Waals surface area contributed by atoms with Gasteiger partial charge in [-0.15, -0.1) is 11.3 Å². The van der Waals surface area contributed by atoms with Crippen molar-refractivity contribution in [1.29, 1.82) is 5.26 Å². The standard InChI is InChI=1S/C13H6Br3NOS/c14-8-3-1-2-7(4-8)10(6-17)12(18)9-5-11(15)19-13(9)16/h1-5,10H. The Morgan fingerprint density at radius 2 is 2.00 bits per heavy atom. The number of carbonyl (C=O) groups is 1. The molecule has 0 fully saturated rings. The van der Waals surface area contributed by atoms with Crippen molar-refractivity contribution in [3.05, 3.63) is 53.5 Å². The Balaban J connectivity index is 2.41. The zero-order valence-corrected chi connectivity index (χ0v) is 14.9. The predicted molar refractivity (Wildman–Crippen MR) is 86.5 cm³/mol. The molecule has 0 aliphatic heterocycles. The summed E-state index contributed by atoms with van der Waals surface area (Å²) in [6, 6.07) is 11.1.